The largest absolute Gasteiger partial charge is 0.365 e. The number of aryl methyl sites for hydroxylation is 1. The van der Waals surface area contributed by atoms with Gasteiger partial charge in [0.05, 0.1) is 16.8 Å². The summed E-state index contributed by atoms with van der Waals surface area (Å²) in [7, 11) is 1.93. The number of benzene rings is 1. The van der Waals surface area contributed by atoms with Gasteiger partial charge in [-0.3, -0.25) is 9.48 Å². The van der Waals surface area contributed by atoms with E-state index in [9.17, 15) is 9.18 Å². The van der Waals surface area contributed by atoms with Crippen LogP contribution < -0.4 is 22.1 Å². The molecule has 6 N–H and O–H groups in total. The Kier molecular flexibility index (Phi) is 5.21. The molecule has 0 bridgehead atoms. The summed E-state index contributed by atoms with van der Waals surface area (Å²) in [5.41, 5.74) is 14.6. The Hall–Kier alpha value is -3.20. The van der Waals surface area contributed by atoms with E-state index in [0.717, 1.165) is 66.9 Å². The number of aromatic nitrogens is 3. The lowest BCUT2D eigenvalue weighted by Gasteiger charge is -2.30. The second kappa shape index (κ2) is 8.05. The number of rotatable bonds is 6. The van der Waals surface area contributed by atoms with Gasteiger partial charge in [0, 0.05) is 36.1 Å². The van der Waals surface area contributed by atoms with E-state index in [1.165, 1.54) is 0 Å². The number of nitrogens with zero attached hydrogens (tertiary/aromatic N) is 3. The van der Waals surface area contributed by atoms with Crippen LogP contribution in [0.2, 0.25) is 0 Å². The third-order valence-corrected chi connectivity index (χ3v) is 6.49. The van der Waals surface area contributed by atoms with E-state index in [1.807, 2.05) is 29.9 Å². The number of carbonyl (C=O) groups is 1. The van der Waals surface area contributed by atoms with Crippen LogP contribution in [0, 0.1) is 5.82 Å². The Morgan fingerprint density at radius 2 is 1.94 bits per heavy atom. The van der Waals surface area contributed by atoms with Crippen molar-refractivity contribution in [2.24, 2.45) is 18.5 Å². The van der Waals surface area contributed by atoms with E-state index in [-0.39, 0.29) is 29.3 Å². The van der Waals surface area contributed by atoms with E-state index in [2.05, 4.69) is 20.7 Å². The molecule has 0 radical (unpaired) electrons. The zero-order valence-corrected chi connectivity index (χ0v) is 18.1. The first-order valence-electron chi connectivity index (χ1n) is 11.2. The molecule has 3 aromatic rings. The minimum absolute atomic E-state index is 0.00491. The van der Waals surface area contributed by atoms with Gasteiger partial charge in [-0.15, -0.1) is 0 Å². The molecule has 1 aromatic carbocycles. The molecule has 2 saturated carbocycles. The lowest BCUT2D eigenvalue weighted by Crippen LogP contribution is -2.43. The van der Waals surface area contributed by atoms with Crippen molar-refractivity contribution in [2.45, 2.75) is 56.5 Å². The molecule has 2 atom stereocenters. The van der Waals surface area contributed by atoms with Crippen molar-refractivity contribution in [1.82, 2.24) is 14.8 Å². The fourth-order valence-corrected chi connectivity index (χ4v) is 4.55. The number of halogens is 1. The zero-order valence-electron chi connectivity index (χ0n) is 18.1. The molecule has 2 aliphatic rings. The molecule has 2 fully saturated rings. The van der Waals surface area contributed by atoms with Crippen LogP contribution in [0.4, 0.5) is 21.7 Å². The summed E-state index contributed by atoms with van der Waals surface area (Å²) in [5.74, 6) is -0.598. The molecule has 32 heavy (non-hydrogen) atoms. The summed E-state index contributed by atoms with van der Waals surface area (Å²) >= 11 is 0. The van der Waals surface area contributed by atoms with E-state index in [0.29, 0.717) is 5.92 Å². The Labute approximate surface area is 185 Å². The summed E-state index contributed by atoms with van der Waals surface area (Å²) in [6.45, 7) is 0. The molecule has 0 unspecified atom stereocenters. The first-order valence-corrected chi connectivity index (χ1v) is 11.2. The van der Waals surface area contributed by atoms with Crippen molar-refractivity contribution in [3.05, 3.63) is 41.3 Å². The lowest BCUT2D eigenvalue weighted by atomic mass is 9.91. The van der Waals surface area contributed by atoms with Crippen molar-refractivity contribution in [1.29, 1.82) is 0 Å². The number of pyridine rings is 1. The molecule has 0 aliphatic heterocycles. The van der Waals surface area contributed by atoms with E-state index in [1.54, 1.807) is 0 Å². The van der Waals surface area contributed by atoms with Gasteiger partial charge in [-0.25, -0.2) is 9.37 Å². The van der Waals surface area contributed by atoms with Crippen LogP contribution >= 0.6 is 0 Å². The molecule has 8 nitrogen and oxygen atoms in total. The highest BCUT2D eigenvalue weighted by Crippen LogP contribution is 2.43. The maximum atomic E-state index is 14.8. The summed E-state index contributed by atoms with van der Waals surface area (Å²) in [6, 6.07) is 6.87. The molecular weight excluding hydrogens is 409 g/mol. The number of hydrogen-bond acceptors (Lipinski definition) is 6. The van der Waals surface area contributed by atoms with Crippen molar-refractivity contribution in [3.63, 3.8) is 0 Å². The van der Waals surface area contributed by atoms with Crippen LogP contribution in [0.15, 0.2) is 24.3 Å². The van der Waals surface area contributed by atoms with Gasteiger partial charge in [-0.1, -0.05) is 12.8 Å². The fourth-order valence-electron chi connectivity index (χ4n) is 4.55. The summed E-state index contributed by atoms with van der Waals surface area (Å²) < 4.78 is 16.6. The van der Waals surface area contributed by atoms with Gasteiger partial charge >= 0.3 is 0 Å². The summed E-state index contributed by atoms with van der Waals surface area (Å²) in [4.78, 5) is 16.4. The standard InChI is InChI=1S/C23H28FN7O/c1-31-19-9-8-13(10-14(19)20(30-31)12-6-7-12)27-22-15(21(26)32)11-16(24)23(29-22)28-18-5-3-2-4-17(18)25/h8-12,17-18H,2-7,25H2,1H3,(H2,26,32)(H2,27,28,29)/t17-,18+/m0/s1. The average Bonchev–Trinajstić information content (AvgIpc) is 3.55. The third kappa shape index (κ3) is 3.88. The molecule has 9 heteroatoms. The zero-order chi connectivity index (χ0) is 22.4. The minimum Gasteiger partial charge on any atom is -0.365 e. The van der Waals surface area contributed by atoms with Crippen LogP contribution in [0.3, 0.4) is 0 Å². The van der Waals surface area contributed by atoms with Crippen molar-refractivity contribution in [3.8, 4) is 0 Å². The quantitative estimate of drug-likeness (QED) is 0.468. The number of fused-ring (bicyclic) bond motifs is 1. The van der Waals surface area contributed by atoms with Crippen LogP contribution in [0.25, 0.3) is 10.9 Å². The maximum absolute atomic E-state index is 14.8. The minimum atomic E-state index is -0.749. The van der Waals surface area contributed by atoms with Gasteiger partial charge in [0.1, 0.15) is 5.82 Å². The number of nitrogens with two attached hydrogens (primary N) is 2. The van der Waals surface area contributed by atoms with Gasteiger partial charge in [-0.05, 0) is 49.9 Å². The molecule has 5 rings (SSSR count). The second-order valence-corrected chi connectivity index (χ2v) is 8.92. The van der Waals surface area contributed by atoms with E-state index < -0.39 is 11.7 Å². The Morgan fingerprint density at radius 3 is 2.66 bits per heavy atom. The van der Waals surface area contributed by atoms with Crippen LogP contribution in [-0.2, 0) is 7.05 Å². The Bertz CT molecular complexity index is 1190. The van der Waals surface area contributed by atoms with Gasteiger partial charge in [0.15, 0.2) is 11.6 Å². The highest BCUT2D eigenvalue weighted by Gasteiger charge is 2.29. The first-order chi connectivity index (χ1) is 15.4. The van der Waals surface area contributed by atoms with E-state index >= 15 is 0 Å². The molecule has 2 aliphatic carbocycles. The number of nitrogens with one attached hydrogen (secondary N) is 2. The highest BCUT2D eigenvalue weighted by molar-refractivity contribution is 5.99. The number of hydrogen-bond donors (Lipinski definition) is 4. The monoisotopic (exact) mass is 437 g/mol. The van der Waals surface area contributed by atoms with Crippen molar-refractivity contribution >= 4 is 34.1 Å². The van der Waals surface area contributed by atoms with Crippen LogP contribution in [0.1, 0.15) is 60.5 Å². The van der Waals surface area contributed by atoms with Crippen molar-refractivity contribution < 1.29 is 9.18 Å². The molecule has 0 saturated heterocycles. The third-order valence-electron chi connectivity index (χ3n) is 6.49. The topological polar surface area (TPSA) is 124 Å². The van der Waals surface area contributed by atoms with Gasteiger partial charge in [-0.2, -0.15) is 5.10 Å². The Balaban J connectivity index is 1.49. The van der Waals surface area contributed by atoms with Crippen LogP contribution in [0.5, 0.6) is 0 Å². The molecule has 2 aromatic heterocycles. The molecule has 2 heterocycles. The molecule has 1 amide bonds. The van der Waals surface area contributed by atoms with Gasteiger partial charge in [0.2, 0.25) is 0 Å². The lowest BCUT2D eigenvalue weighted by molar-refractivity contribution is 0.100. The van der Waals surface area contributed by atoms with Gasteiger partial charge in [0.25, 0.3) is 5.91 Å². The second-order valence-electron chi connectivity index (χ2n) is 8.92. The number of carbonyl (C=O) groups excluding carboxylic acids is 1. The predicted molar refractivity (Wildman–Crippen MR) is 123 cm³/mol. The summed E-state index contributed by atoms with van der Waals surface area (Å²) in [5, 5.41) is 12.0. The molecule has 0 spiro atoms. The van der Waals surface area contributed by atoms with Crippen molar-refractivity contribution in [2.75, 3.05) is 10.6 Å². The first kappa shape index (κ1) is 20.7. The normalized spacial score (nSPS) is 21.0. The van der Waals surface area contributed by atoms with E-state index in [4.69, 9.17) is 11.5 Å². The smallest absolute Gasteiger partial charge is 0.252 e. The number of anilines is 3. The highest BCUT2D eigenvalue weighted by atomic mass is 19.1. The maximum Gasteiger partial charge on any atom is 0.252 e. The van der Waals surface area contributed by atoms with Gasteiger partial charge < -0.3 is 22.1 Å². The number of amides is 1. The molecular formula is C23H28FN7O. The summed E-state index contributed by atoms with van der Waals surface area (Å²) in [6.07, 6.45) is 6.14. The predicted octanol–water partition coefficient (Wildman–Crippen LogP) is 3.51. The fraction of sp³-hybridized carbons (Fsp3) is 0.435. The van der Waals surface area contributed by atoms with Crippen LogP contribution in [-0.4, -0.2) is 32.8 Å². The molecule has 168 valence electrons. The SMILES string of the molecule is Cn1nc(C2CC2)c2cc(Nc3nc(N[C@@H]4CCCC[C@@H]4N)c(F)cc3C(N)=O)ccc21. The Morgan fingerprint density at radius 1 is 1.16 bits per heavy atom. The number of primary amides is 1. The average molecular weight is 438 g/mol.